The van der Waals surface area contributed by atoms with Gasteiger partial charge in [-0.1, -0.05) is 20.3 Å². The van der Waals surface area contributed by atoms with Crippen LogP contribution in [0.1, 0.15) is 56.3 Å². The first-order valence-corrected chi connectivity index (χ1v) is 7.67. The van der Waals surface area contributed by atoms with Gasteiger partial charge in [-0.2, -0.15) is 0 Å². The van der Waals surface area contributed by atoms with E-state index in [1.165, 1.54) is 19.3 Å². The monoisotopic (exact) mass is 275 g/mol. The number of carbonyl (C=O) groups is 1. The van der Waals surface area contributed by atoms with Gasteiger partial charge in [0.15, 0.2) is 0 Å². The van der Waals surface area contributed by atoms with Crippen LogP contribution in [0.25, 0.3) is 0 Å². The second-order valence-corrected chi connectivity index (χ2v) is 5.74. The van der Waals surface area contributed by atoms with E-state index in [4.69, 9.17) is 0 Å². The van der Waals surface area contributed by atoms with Crippen LogP contribution in [0.2, 0.25) is 0 Å². The maximum Gasteiger partial charge on any atom is 0.254 e. The minimum Gasteiger partial charge on any atom is -0.384 e. The van der Waals surface area contributed by atoms with Crippen LogP contribution in [0.3, 0.4) is 0 Å². The van der Waals surface area contributed by atoms with E-state index in [2.05, 4.69) is 29.5 Å². The molecule has 0 aliphatic heterocycles. The number of aromatic nitrogens is 1. The van der Waals surface area contributed by atoms with E-state index in [0.717, 1.165) is 31.6 Å². The zero-order valence-corrected chi connectivity index (χ0v) is 12.5. The van der Waals surface area contributed by atoms with Gasteiger partial charge < -0.3 is 10.6 Å². The Kier molecular flexibility index (Phi) is 4.99. The summed E-state index contributed by atoms with van der Waals surface area (Å²) in [5.74, 6) is -0.0172. The van der Waals surface area contributed by atoms with Gasteiger partial charge in [0.05, 0.1) is 11.3 Å². The number of amides is 1. The highest BCUT2D eigenvalue weighted by molar-refractivity contribution is 5.99. The standard InChI is InChI=1S/C16H25N3O/c1-3-9-18-14-6-10-17-11-13(14)15(20)19-12-16(4-2)7-5-8-16/h6,10-11H,3-5,7-9,12H2,1-2H3,(H,17,18)(H,19,20). The van der Waals surface area contributed by atoms with Crippen molar-refractivity contribution in [1.29, 1.82) is 0 Å². The van der Waals surface area contributed by atoms with Crippen molar-refractivity contribution in [3.8, 4) is 0 Å². The minimum absolute atomic E-state index is 0.0172. The van der Waals surface area contributed by atoms with E-state index in [1.54, 1.807) is 12.4 Å². The highest BCUT2D eigenvalue weighted by atomic mass is 16.1. The van der Waals surface area contributed by atoms with E-state index in [1.807, 2.05) is 6.07 Å². The fourth-order valence-electron chi connectivity index (χ4n) is 2.68. The Hall–Kier alpha value is -1.58. The molecule has 2 N–H and O–H groups in total. The lowest BCUT2D eigenvalue weighted by Crippen LogP contribution is -2.41. The van der Waals surface area contributed by atoms with Gasteiger partial charge in [-0.25, -0.2) is 0 Å². The second kappa shape index (κ2) is 6.73. The van der Waals surface area contributed by atoms with Gasteiger partial charge in [0, 0.05) is 25.5 Å². The number of hydrogen-bond donors (Lipinski definition) is 2. The van der Waals surface area contributed by atoms with E-state index in [9.17, 15) is 4.79 Å². The predicted octanol–water partition coefficient (Wildman–Crippen LogP) is 3.21. The van der Waals surface area contributed by atoms with Crippen LogP contribution < -0.4 is 10.6 Å². The fourth-order valence-corrected chi connectivity index (χ4v) is 2.68. The number of nitrogens with one attached hydrogen (secondary N) is 2. The van der Waals surface area contributed by atoms with Crippen LogP contribution in [0, 0.1) is 5.41 Å². The molecule has 1 amide bonds. The molecule has 0 unspecified atom stereocenters. The molecule has 1 aliphatic rings. The quantitative estimate of drug-likeness (QED) is 0.803. The Morgan fingerprint density at radius 2 is 2.20 bits per heavy atom. The number of rotatable bonds is 7. The van der Waals surface area contributed by atoms with E-state index >= 15 is 0 Å². The summed E-state index contributed by atoms with van der Waals surface area (Å²) in [5.41, 5.74) is 1.86. The topological polar surface area (TPSA) is 54.0 Å². The first-order chi connectivity index (χ1) is 9.71. The first-order valence-electron chi connectivity index (χ1n) is 7.67. The molecule has 1 aromatic rings. The lowest BCUT2D eigenvalue weighted by atomic mass is 9.67. The zero-order chi connectivity index (χ0) is 14.4. The first kappa shape index (κ1) is 14.8. The third-order valence-electron chi connectivity index (χ3n) is 4.42. The van der Waals surface area contributed by atoms with Gasteiger partial charge in [0.1, 0.15) is 0 Å². The van der Waals surface area contributed by atoms with Crippen molar-refractivity contribution in [3.05, 3.63) is 24.0 Å². The second-order valence-electron chi connectivity index (χ2n) is 5.74. The number of pyridine rings is 1. The lowest BCUT2D eigenvalue weighted by Gasteiger charge is -2.41. The molecule has 0 spiro atoms. The highest BCUT2D eigenvalue weighted by Gasteiger charge is 2.35. The van der Waals surface area contributed by atoms with Crippen molar-refractivity contribution >= 4 is 11.6 Å². The van der Waals surface area contributed by atoms with Crippen LogP contribution in [0.15, 0.2) is 18.5 Å². The number of nitrogens with zero attached hydrogens (tertiary/aromatic N) is 1. The molecular weight excluding hydrogens is 250 g/mol. The van der Waals surface area contributed by atoms with Crippen LogP contribution >= 0.6 is 0 Å². The Morgan fingerprint density at radius 1 is 1.40 bits per heavy atom. The van der Waals surface area contributed by atoms with Crippen LogP contribution in [-0.4, -0.2) is 24.0 Å². The van der Waals surface area contributed by atoms with E-state index in [0.29, 0.717) is 11.0 Å². The molecule has 0 bridgehead atoms. The molecule has 0 atom stereocenters. The van der Waals surface area contributed by atoms with Crippen molar-refractivity contribution in [1.82, 2.24) is 10.3 Å². The third kappa shape index (κ3) is 3.30. The van der Waals surface area contributed by atoms with Crippen molar-refractivity contribution in [3.63, 3.8) is 0 Å². The van der Waals surface area contributed by atoms with Gasteiger partial charge in [0.25, 0.3) is 5.91 Å². The number of carbonyl (C=O) groups excluding carboxylic acids is 1. The normalized spacial score (nSPS) is 16.3. The molecule has 1 fully saturated rings. The number of hydrogen-bond acceptors (Lipinski definition) is 3. The summed E-state index contributed by atoms with van der Waals surface area (Å²) in [6.07, 6.45) is 9.29. The Balaban J connectivity index is 1.98. The maximum absolute atomic E-state index is 12.3. The summed E-state index contributed by atoms with van der Waals surface area (Å²) >= 11 is 0. The molecule has 4 nitrogen and oxygen atoms in total. The van der Waals surface area contributed by atoms with Gasteiger partial charge >= 0.3 is 0 Å². The molecule has 20 heavy (non-hydrogen) atoms. The Bertz CT molecular complexity index is 449. The zero-order valence-electron chi connectivity index (χ0n) is 12.5. The summed E-state index contributed by atoms with van der Waals surface area (Å²) < 4.78 is 0. The van der Waals surface area contributed by atoms with Crippen molar-refractivity contribution in [2.75, 3.05) is 18.4 Å². The maximum atomic E-state index is 12.3. The lowest BCUT2D eigenvalue weighted by molar-refractivity contribution is 0.0850. The van der Waals surface area contributed by atoms with Crippen LogP contribution in [0.4, 0.5) is 5.69 Å². The average molecular weight is 275 g/mol. The molecule has 0 radical (unpaired) electrons. The van der Waals surface area contributed by atoms with Crippen molar-refractivity contribution in [2.24, 2.45) is 5.41 Å². The number of anilines is 1. The van der Waals surface area contributed by atoms with Gasteiger partial charge in [-0.3, -0.25) is 9.78 Å². The average Bonchev–Trinajstić information content (AvgIpc) is 2.44. The van der Waals surface area contributed by atoms with Crippen LogP contribution in [0.5, 0.6) is 0 Å². The van der Waals surface area contributed by atoms with Gasteiger partial charge in [-0.15, -0.1) is 0 Å². The third-order valence-corrected chi connectivity index (χ3v) is 4.42. The molecule has 1 saturated carbocycles. The predicted molar refractivity (Wildman–Crippen MR) is 81.9 cm³/mol. The largest absolute Gasteiger partial charge is 0.384 e. The molecule has 110 valence electrons. The molecular formula is C16H25N3O. The molecule has 4 heteroatoms. The Morgan fingerprint density at radius 3 is 2.80 bits per heavy atom. The summed E-state index contributed by atoms with van der Waals surface area (Å²) in [7, 11) is 0. The van der Waals surface area contributed by atoms with Crippen molar-refractivity contribution in [2.45, 2.75) is 46.0 Å². The summed E-state index contributed by atoms with van der Waals surface area (Å²) in [6.45, 7) is 5.97. The van der Waals surface area contributed by atoms with Gasteiger partial charge in [-0.05, 0) is 37.2 Å². The van der Waals surface area contributed by atoms with E-state index < -0.39 is 0 Å². The fraction of sp³-hybridized carbons (Fsp3) is 0.625. The molecule has 0 aromatic carbocycles. The minimum atomic E-state index is -0.0172. The van der Waals surface area contributed by atoms with Crippen LogP contribution in [-0.2, 0) is 0 Å². The SMILES string of the molecule is CCCNc1ccncc1C(=O)NCC1(CC)CCC1. The summed E-state index contributed by atoms with van der Waals surface area (Å²) in [6, 6.07) is 1.86. The summed E-state index contributed by atoms with van der Waals surface area (Å²) in [4.78, 5) is 16.4. The smallest absolute Gasteiger partial charge is 0.254 e. The van der Waals surface area contributed by atoms with Crippen molar-refractivity contribution < 1.29 is 4.79 Å². The van der Waals surface area contributed by atoms with E-state index in [-0.39, 0.29) is 5.91 Å². The molecule has 2 rings (SSSR count). The Labute approximate surface area is 121 Å². The molecule has 1 aliphatic carbocycles. The van der Waals surface area contributed by atoms with Gasteiger partial charge in [0.2, 0.25) is 0 Å². The highest BCUT2D eigenvalue weighted by Crippen LogP contribution is 2.43. The summed E-state index contributed by atoms with van der Waals surface area (Å²) in [5, 5.41) is 6.37. The molecule has 1 aromatic heterocycles. The molecule has 0 saturated heterocycles. The molecule has 1 heterocycles.